The zero-order valence-corrected chi connectivity index (χ0v) is 17.1. The summed E-state index contributed by atoms with van der Waals surface area (Å²) in [5.41, 5.74) is 2.08. The molecule has 3 aliphatic rings. The average Bonchev–Trinajstić information content (AvgIpc) is 3.17. The van der Waals surface area contributed by atoms with Crippen molar-refractivity contribution in [2.75, 3.05) is 32.7 Å². The second-order valence-electron chi connectivity index (χ2n) is 8.62. The Morgan fingerprint density at radius 3 is 2.79 bits per heavy atom. The largest absolute Gasteiger partial charge is 0.337 e. The van der Waals surface area contributed by atoms with Gasteiger partial charge in [-0.05, 0) is 38.1 Å². The van der Waals surface area contributed by atoms with Gasteiger partial charge in [-0.2, -0.15) is 0 Å². The summed E-state index contributed by atoms with van der Waals surface area (Å²) >= 11 is 0. The minimum atomic E-state index is 0.00329. The molecule has 152 valence electrons. The van der Waals surface area contributed by atoms with Gasteiger partial charge in [0, 0.05) is 51.3 Å². The second kappa shape index (κ2) is 8.15. The SMILES string of the molecule is CC(=O)N1CCC[C@@H]1c1ncc2c(n1)CCN(C(=O)CN1CCC[C@H](C)C1)C2. The molecule has 28 heavy (non-hydrogen) atoms. The van der Waals surface area contributed by atoms with Crippen molar-refractivity contribution in [1.82, 2.24) is 24.7 Å². The first-order valence-corrected chi connectivity index (χ1v) is 10.6. The van der Waals surface area contributed by atoms with Crippen LogP contribution in [0.5, 0.6) is 0 Å². The monoisotopic (exact) mass is 385 g/mol. The highest BCUT2D eigenvalue weighted by Crippen LogP contribution is 2.30. The van der Waals surface area contributed by atoms with Crippen LogP contribution in [0.3, 0.4) is 0 Å². The minimum absolute atomic E-state index is 0.00329. The topological polar surface area (TPSA) is 69.6 Å². The molecule has 2 amide bonds. The number of hydrogen-bond acceptors (Lipinski definition) is 5. The van der Waals surface area contributed by atoms with Gasteiger partial charge < -0.3 is 9.80 Å². The molecule has 7 heteroatoms. The van der Waals surface area contributed by atoms with E-state index < -0.39 is 0 Å². The van der Waals surface area contributed by atoms with Crippen molar-refractivity contribution in [2.24, 2.45) is 5.92 Å². The van der Waals surface area contributed by atoms with E-state index in [-0.39, 0.29) is 17.9 Å². The molecule has 0 bridgehead atoms. The Bertz CT molecular complexity index is 752. The third kappa shape index (κ3) is 4.04. The number of carbonyl (C=O) groups excluding carboxylic acids is 2. The smallest absolute Gasteiger partial charge is 0.237 e. The molecule has 1 aromatic rings. The van der Waals surface area contributed by atoms with E-state index in [1.54, 1.807) is 6.92 Å². The molecular formula is C21H31N5O2. The van der Waals surface area contributed by atoms with Crippen LogP contribution in [0.1, 0.15) is 62.7 Å². The molecule has 0 aliphatic carbocycles. The van der Waals surface area contributed by atoms with Gasteiger partial charge in [0.1, 0.15) is 0 Å². The van der Waals surface area contributed by atoms with Crippen molar-refractivity contribution >= 4 is 11.8 Å². The lowest BCUT2D eigenvalue weighted by Crippen LogP contribution is -2.45. The Morgan fingerprint density at radius 2 is 2.00 bits per heavy atom. The van der Waals surface area contributed by atoms with E-state index in [9.17, 15) is 9.59 Å². The van der Waals surface area contributed by atoms with Crippen LogP contribution >= 0.6 is 0 Å². The third-order valence-corrected chi connectivity index (χ3v) is 6.36. The molecule has 4 rings (SSSR count). The van der Waals surface area contributed by atoms with Gasteiger partial charge in [0.05, 0.1) is 18.3 Å². The Balaban J connectivity index is 1.40. The zero-order chi connectivity index (χ0) is 19.7. The van der Waals surface area contributed by atoms with Crippen molar-refractivity contribution in [2.45, 2.75) is 58.5 Å². The molecule has 0 unspecified atom stereocenters. The summed E-state index contributed by atoms with van der Waals surface area (Å²) in [6, 6.07) is 0.00329. The molecule has 1 aromatic heterocycles. The van der Waals surface area contributed by atoms with E-state index in [4.69, 9.17) is 4.98 Å². The van der Waals surface area contributed by atoms with E-state index in [1.807, 2.05) is 16.0 Å². The van der Waals surface area contributed by atoms with Crippen molar-refractivity contribution in [3.63, 3.8) is 0 Å². The summed E-state index contributed by atoms with van der Waals surface area (Å²) in [7, 11) is 0. The summed E-state index contributed by atoms with van der Waals surface area (Å²) in [5, 5.41) is 0. The number of rotatable bonds is 3. The predicted octanol–water partition coefficient (Wildman–Crippen LogP) is 1.78. The molecule has 4 heterocycles. The molecule has 0 spiro atoms. The first-order chi connectivity index (χ1) is 13.5. The quantitative estimate of drug-likeness (QED) is 0.793. The Morgan fingerprint density at radius 1 is 1.18 bits per heavy atom. The van der Waals surface area contributed by atoms with Gasteiger partial charge in [-0.15, -0.1) is 0 Å². The Labute approximate surface area is 167 Å². The van der Waals surface area contributed by atoms with Gasteiger partial charge >= 0.3 is 0 Å². The standard InChI is InChI=1S/C21H31N5O2/c1-15-5-3-8-24(12-15)14-20(28)25-10-7-18-17(13-25)11-22-21(23-18)19-6-4-9-26(19)16(2)27/h11,15,19H,3-10,12-14H2,1-2H3/t15-,19+/m0/s1. The van der Waals surface area contributed by atoms with Crippen LogP contribution in [0.2, 0.25) is 0 Å². The van der Waals surface area contributed by atoms with Crippen molar-refractivity contribution in [3.05, 3.63) is 23.3 Å². The number of aromatic nitrogens is 2. The third-order valence-electron chi connectivity index (χ3n) is 6.36. The van der Waals surface area contributed by atoms with Crippen LogP contribution in [-0.2, 0) is 22.6 Å². The van der Waals surface area contributed by atoms with Gasteiger partial charge in [-0.1, -0.05) is 6.92 Å². The van der Waals surface area contributed by atoms with Crippen molar-refractivity contribution < 1.29 is 9.59 Å². The maximum atomic E-state index is 12.8. The molecule has 2 fully saturated rings. The number of amides is 2. The number of likely N-dealkylation sites (tertiary alicyclic amines) is 2. The summed E-state index contributed by atoms with van der Waals surface area (Å²) in [6.45, 7) is 8.55. The molecular weight excluding hydrogens is 354 g/mol. The van der Waals surface area contributed by atoms with Crippen LogP contribution in [0.15, 0.2) is 6.20 Å². The van der Waals surface area contributed by atoms with Crippen LogP contribution in [-0.4, -0.2) is 69.2 Å². The van der Waals surface area contributed by atoms with E-state index in [0.717, 1.165) is 56.0 Å². The first kappa shape index (κ1) is 19.3. The Kier molecular flexibility index (Phi) is 5.62. The van der Waals surface area contributed by atoms with Gasteiger partial charge in [0.15, 0.2) is 5.82 Å². The van der Waals surface area contributed by atoms with Gasteiger partial charge in [-0.25, -0.2) is 9.97 Å². The summed E-state index contributed by atoms with van der Waals surface area (Å²) in [5.74, 6) is 1.74. The predicted molar refractivity (Wildman–Crippen MR) is 105 cm³/mol. The normalized spacial score (nSPS) is 25.6. The van der Waals surface area contributed by atoms with Crippen LogP contribution in [0.4, 0.5) is 0 Å². The lowest BCUT2D eigenvalue weighted by molar-refractivity contribution is -0.134. The van der Waals surface area contributed by atoms with Crippen LogP contribution < -0.4 is 0 Å². The fourth-order valence-corrected chi connectivity index (χ4v) is 4.84. The maximum Gasteiger partial charge on any atom is 0.237 e. The van der Waals surface area contributed by atoms with Gasteiger partial charge in [0.25, 0.3) is 0 Å². The maximum absolute atomic E-state index is 12.8. The van der Waals surface area contributed by atoms with Gasteiger partial charge in [-0.3, -0.25) is 14.5 Å². The minimum Gasteiger partial charge on any atom is -0.337 e. The van der Waals surface area contributed by atoms with E-state index in [2.05, 4.69) is 16.8 Å². The van der Waals surface area contributed by atoms with E-state index >= 15 is 0 Å². The molecule has 7 nitrogen and oxygen atoms in total. The summed E-state index contributed by atoms with van der Waals surface area (Å²) in [4.78, 5) is 40.1. The molecule has 0 N–H and O–H groups in total. The highest BCUT2D eigenvalue weighted by molar-refractivity contribution is 5.78. The van der Waals surface area contributed by atoms with Crippen LogP contribution in [0.25, 0.3) is 0 Å². The van der Waals surface area contributed by atoms with Crippen molar-refractivity contribution in [3.8, 4) is 0 Å². The lowest BCUT2D eigenvalue weighted by atomic mass is 10.0. The number of nitrogens with zero attached hydrogens (tertiary/aromatic N) is 5. The zero-order valence-electron chi connectivity index (χ0n) is 17.1. The molecule has 0 aromatic carbocycles. The van der Waals surface area contributed by atoms with Crippen molar-refractivity contribution in [1.29, 1.82) is 0 Å². The van der Waals surface area contributed by atoms with Crippen LogP contribution in [0, 0.1) is 5.92 Å². The Hall–Kier alpha value is -2.02. The number of hydrogen-bond donors (Lipinski definition) is 0. The molecule has 0 radical (unpaired) electrons. The highest BCUT2D eigenvalue weighted by Gasteiger charge is 2.31. The molecule has 0 saturated carbocycles. The lowest BCUT2D eigenvalue weighted by Gasteiger charge is -2.34. The first-order valence-electron chi connectivity index (χ1n) is 10.6. The molecule has 3 aliphatic heterocycles. The van der Waals surface area contributed by atoms with E-state index in [0.29, 0.717) is 25.6 Å². The molecule has 2 saturated heterocycles. The van der Waals surface area contributed by atoms with Gasteiger partial charge in [0.2, 0.25) is 11.8 Å². The summed E-state index contributed by atoms with van der Waals surface area (Å²) < 4.78 is 0. The van der Waals surface area contributed by atoms with E-state index in [1.165, 1.54) is 12.8 Å². The highest BCUT2D eigenvalue weighted by atomic mass is 16.2. The number of fused-ring (bicyclic) bond motifs is 1. The average molecular weight is 386 g/mol. The second-order valence-corrected chi connectivity index (χ2v) is 8.62. The fourth-order valence-electron chi connectivity index (χ4n) is 4.84. The molecule has 2 atom stereocenters. The number of piperidine rings is 1. The number of carbonyl (C=O) groups is 2. The summed E-state index contributed by atoms with van der Waals surface area (Å²) in [6.07, 6.45) is 7.02. The fraction of sp³-hybridized carbons (Fsp3) is 0.714.